The summed E-state index contributed by atoms with van der Waals surface area (Å²) in [6, 6.07) is 5.41. The highest BCUT2D eigenvalue weighted by Crippen LogP contribution is 2.48. The topological polar surface area (TPSA) is 108 Å². The van der Waals surface area contributed by atoms with Crippen LogP contribution in [0.5, 0.6) is 5.75 Å². The van der Waals surface area contributed by atoms with Crippen molar-refractivity contribution in [1.82, 2.24) is 20.2 Å². The minimum atomic E-state index is -0.0981. The van der Waals surface area contributed by atoms with Crippen LogP contribution in [-0.2, 0) is 4.79 Å². The van der Waals surface area contributed by atoms with Crippen LogP contribution in [0.1, 0.15) is 25.1 Å². The van der Waals surface area contributed by atoms with Gasteiger partial charge in [-0.05, 0) is 66.6 Å². The molecule has 0 spiro atoms. The van der Waals surface area contributed by atoms with Crippen molar-refractivity contribution in [2.45, 2.75) is 32.2 Å². The van der Waals surface area contributed by atoms with Crippen molar-refractivity contribution in [3.8, 4) is 11.4 Å². The van der Waals surface area contributed by atoms with Gasteiger partial charge in [-0.1, -0.05) is 0 Å². The molecule has 8 heteroatoms. The number of amides is 1. The molecule has 132 valence electrons. The number of aryl methyl sites for hydroxylation is 1. The van der Waals surface area contributed by atoms with E-state index in [1.54, 1.807) is 24.8 Å². The van der Waals surface area contributed by atoms with E-state index in [9.17, 15) is 4.79 Å². The van der Waals surface area contributed by atoms with E-state index in [2.05, 4.69) is 20.8 Å². The monoisotopic (exact) mass is 342 g/mol. The molecule has 2 bridgehead atoms. The molecule has 0 radical (unpaired) electrons. The predicted octanol–water partition coefficient (Wildman–Crippen LogP) is 1.29. The third kappa shape index (κ3) is 2.66. The molecule has 0 saturated heterocycles. The number of carbonyl (C=O) groups is 1. The number of aromatic nitrogens is 4. The smallest absolute Gasteiger partial charge is 0.229 e. The van der Waals surface area contributed by atoms with E-state index in [4.69, 9.17) is 10.5 Å². The van der Waals surface area contributed by atoms with Crippen LogP contribution in [0, 0.1) is 24.7 Å². The number of carbonyl (C=O) groups excluding carboxylic acids is 1. The Balaban J connectivity index is 1.59. The molecule has 4 rings (SSSR count). The number of nitrogens with two attached hydrogens (primary N) is 1. The lowest BCUT2D eigenvalue weighted by Gasteiger charge is -2.27. The van der Waals surface area contributed by atoms with Crippen LogP contribution < -0.4 is 15.8 Å². The molecule has 1 aromatic heterocycles. The van der Waals surface area contributed by atoms with Gasteiger partial charge in [0.15, 0.2) is 5.82 Å². The Kier molecular flexibility index (Phi) is 3.91. The third-order valence-corrected chi connectivity index (χ3v) is 5.58. The molecule has 1 amide bonds. The number of benzene rings is 1. The molecular formula is C17H22N6O2. The Hall–Kier alpha value is -2.48. The van der Waals surface area contributed by atoms with Gasteiger partial charge in [-0.25, -0.2) is 0 Å². The number of nitrogens with zero attached hydrogens (tertiary/aromatic N) is 4. The SMILES string of the molecule is COc1ccc(NC(=O)C2C3CCC(C3)C2N)cc1-n1nnnc1C. The fraction of sp³-hybridized carbons (Fsp3) is 0.529. The molecule has 2 saturated carbocycles. The highest BCUT2D eigenvalue weighted by atomic mass is 16.5. The fourth-order valence-corrected chi connectivity index (χ4v) is 4.34. The lowest BCUT2D eigenvalue weighted by atomic mass is 9.84. The summed E-state index contributed by atoms with van der Waals surface area (Å²) in [6.45, 7) is 1.80. The van der Waals surface area contributed by atoms with Gasteiger partial charge in [-0.3, -0.25) is 4.79 Å². The van der Waals surface area contributed by atoms with E-state index in [0.717, 1.165) is 19.3 Å². The van der Waals surface area contributed by atoms with E-state index in [0.29, 0.717) is 34.8 Å². The lowest BCUT2D eigenvalue weighted by Crippen LogP contribution is -2.42. The summed E-state index contributed by atoms with van der Waals surface area (Å²) in [5, 5.41) is 14.6. The summed E-state index contributed by atoms with van der Waals surface area (Å²) >= 11 is 0. The molecule has 2 aromatic rings. The zero-order valence-corrected chi connectivity index (χ0v) is 14.3. The van der Waals surface area contributed by atoms with Crippen LogP contribution in [-0.4, -0.2) is 39.3 Å². The van der Waals surface area contributed by atoms with Gasteiger partial charge in [0.1, 0.15) is 11.4 Å². The van der Waals surface area contributed by atoms with Crippen LogP contribution in [0.2, 0.25) is 0 Å². The molecule has 2 aliphatic rings. The second-order valence-electron chi connectivity index (χ2n) is 6.95. The maximum absolute atomic E-state index is 12.8. The van der Waals surface area contributed by atoms with Gasteiger partial charge in [0.25, 0.3) is 0 Å². The van der Waals surface area contributed by atoms with E-state index in [-0.39, 0.29) is 17.9 Å². The van der Waals surface area contributed by atoms with E-state index in [1.807, 2.05) is 12.1 Å². The number of fused-ring (bicyclic) bond motifs is 2. The van der Waals surface area contributed by atoms with Crippen molar-refractivity contribution in [2.24, 2.45) is 23.5 Å². The summed E-state index contributed by atoms with van der Waals surface area (Å²) in [5.74, 6) is 2.08. The minimum absolute atomic E-state index is 0.00394. The first-order valence-corrected chi connectivity index (χ1v) is 8.58. The first kappa shape index (κ1) is 16.0. The van der Waals surface area contributed by atoms with Crippen molar-refractivity contribution in [1.29, 1.82) is 0 Å². The molecule has 2 fully saturated rings. The fourth-order valence-electron chi connectivity index (χ4n) is 4.34. The van der Waals surface area contributed by atoms with Crippen molar-refractivity contribution in [2.75, 3.05) is 12.4 Å². The summed E-state index contributed by atoms with van der Waals surface area (Å²) in [4.78, 5) is 12.8. The van der Waals surface area contributed by atoms with Gasteiger partial charge < -0.3 is 15.8 Å². The Morgan fingerprint density at radius 3 is 2.80 bits per heavy atom. The van der Waals surface area contributed by atoms with Gasteiger partial charge in [0.2, 0.25) is 5.91 Å². The Morgan fingerprint density at radius 2 is 2.16 bits per heavy atom. The number of hydrogen-bond acceptors (Lipinski definition) is 6. The molecule has 4 unspecified atom stereocenters. The highest BCUT2D eigenvalue weighted by molar-refractivity contribution is 5.94. The van der Waals surface area contributed by atoms with E-state index in [1.165, 1.54) is 0 Å². The summed E-state index contributed by atoms with van der Waals surface area (Å²) in [6.07, 6.45) is 3.34. The largest absolute Gasteiger partial charge is 0.494 e. The average molecular weight is 342 g/mol. The molecule has 8 nitrogen and oxygen atoms in total. The molecule has 4 atom stereocenters. The maximum atomic E-state index is 12.8. The molecule has 2 aliphatic carbocycles. The second kappa shape index (κ2) is 6.11. The Morgan fingerprint density at radius 1 is 1.36 bits per heavy atom. The second-order valence-corrected chi connectivity index (χ2v) is 6.95. The number of tetrazole rings is 1. The molecular weight excluding hydrogens is 320 g/mol. The molecule has 25 heavy (non-hydrogen) atoms. The van der Waals surface area contributed by atoms with Crippen molar-refractivity contribution in [3.05, 3.63) is 24.0 Å². The van der Waals surface area contributed by atoms with Crippen molar-refractivity contribution < 1.29 is 9.53 Å². The Bertz CT molecular complexity index is 802. The van der Waals surface area contributed by atoms with Crippen LogP contribution in [0.25, 0.3) is 5.69 Å². The summed E-state index contributed by atoms with van der Waals surface area (Å²) in [7, 11) is 1.59. The maximum Gasteiger partial charge on any atom is 0.229 e. The van der Waals surface area contributed by atoms with Gasteiger partial charge >= 0.3 is 0 Å². The van der Waals surface area contributed by atoms with Crippen LogP contribution >= 0.6 is 0 Å². The molecule has 1 aromatic carbocycles. The number of anilines is 1. The molecule has 1 heterocycles. The number of hydrogen-bond donors (Lipinski definition) is 2. The molecule has 3 N–H and O–H groups in total. The predicted molar refractivity (Wildman–Crippen MR) is 91.4 cm³/mol. The van der Waals surface area contributed by atoms with Crippen molar-refractivity contribution in [3.63, 3.8) is 0 Å². The lowest BCUT2D eigenvalue weighted by molar-refractivity contribution is -0.121. The summed E-state index contributed by atoms with van der Waals surface area (Å²) in [5.41, 5.74) is 7.65. The Labute approximate surface area is 145 Å². The number of ether oxygens (including phenoxy) is 1. The van der Waals surface area contributed by atoms with Gasteiger partial charge in [-0.15, -0.1) is 5.10 Å². The standard InChI is InChI=1S/C17H22N6O2/c1-9-20-21-22-23(9)13-8-12(5-6-14(13)25-2)19-17(24)15-10-3-4-11(7-10)16(15)18/h5-6,8,10-11,15-16H,3-4,7,18H2,1-2H3,(H,19,24). The van der Waals surface area contributed by atoms with Crippen LogP contribution in [0.4, 0.5) is 5.69 Å². The van der Waals surface area contributed by atoms with E-state index >= 15 is 0 Å². The normalized spacial score (nSPS) is 27.5. The zero-order chi connectivity index (χ0) is 17.6. The first-order valence-electron chi connectivity index (χ1n) is 8.58. The number of nitrogens with one attached hydrogen (secondary N) is 1. The summed E-state index contributed by atoms with van der Waals surface area (Å²) < 4.78 is 6.97. The molecule has 0 aliphatic heterocycles. The first-order chi connectivity index (χ1) is 12.1. The van der Waals surface area contributed by atoms with Crippen molar-refractivity contribution >= 4 is 11.6 Å². The van der Waals surface area contributed by atoms with Gasteiger partial charge in [0, 0.05) is 11.7 Å². The van der Waals surface area contributed by atoms with Crippen LogP contribution in [0.3, 0.4) is 0 Å². The van der Waals surface area contributed by atoms with Gasteiger partial charge in [0.05, 0.1) is 13.0 Å². The number of methoxy groups -OCH3 is 1. The number of rotatable bonds is 4. The highest BCUT2D eigenvalue weighted by Gasteiger charge is 2.49. The average Bonchev–Trinajstić information content (AvgIpc) is 3.30. The van der Waals surface area contributed by atoms with Crippen LogP contribution in [0.15, 0.2) is 18.2 Å². The zero-order valence-electron chi connectivity index (χ0n) is 14.3. The van der Waals surface area contributed by atoms with E-state index < -0.39 is 0 Å². The quantitative estimate of drug-likeness (QED) is 0.867. The van der Waals surface area contributed by atoms with Gasteiger partial charge in [-0.2, -0.15) is 4.68 Å². The minimum Gasteiger partial charge on any atom is -0.494 e. The third-order valence-electron chi connectivity index (χ3n) is 5.58.